The Labute approximate surface area is 131 Å². The minimum absolute atomic E-state index is 0.00903. The number of aryl methyl sites for hydroxylation is 1. The van der Waals surface area contributed by atoms with Gasteiger partial charge < -0.3 is 15.0 Å². The highest BCUT2D eigenvalue weighted by Gasteiger charge is 2.26. The second-order valence-electron chi connectivity index (χ2n) is 5.66. The fraction of sp³-hybridized carbons (Fsp3) is 0.529. The van der Waals surface area contributed by atoms with Gasteiger partial charge in [-0.1, -0.05) is 13.0 Å². The molecule has 5 heteroatoms. The molecule has 0 spiro atoms. The van der Waals surface area contributed by atoms with Crippen LogP contribution in [0.5, 0.6) is 5.75 Å². The van der Waals surface area contributed by atoms with Crippen molar-refractivity contribution in [2.75, 3.05) is 25.5 Å². The molecule has 0 saturated carbocycles. The van der Waals surface area contributed by atoms with Crippen LogP contribution in [-0.2, 0) is 16.0 Å². The topological polar surface area (TPSA) is 58.6 Å². The molecule has 22 heavy (non-hydrogen) atoms. The van der Waals surface area contributed by atoms with Gasteiger partial charge in [0.15, 0.2) is 0 Å². The van der Waals surface area contributed by atoms with Crippen molar-refractivity contribution in [3.8, 4) is 5.75 Å². The SMILES string of the molecule is CCc1ccc(OC)c(NC(=O)C2CCN(C(C)=O)CC2)c1. The van der Waals surface area contributed by atoms with Gasteiger partial charge in [0.05, 0.1) is 12.8 Å². The maximum absolute atomic E-state index is 12.4. The van der Waals surface area contributed by atoms with Crippen LogP contribution in [0.3, 0.4) is 0 Å². The highest BCUT2D eigenvalue weighted by atomic mass is 16.5. The number of carbonyl (C=O) groups is 2. The van der Waals surface area contributed by atoms with E-state index in [9.17, 15) is 9.59 Å². The van der Waals surface area contributed by atoms with E-state index in [1.54, 1.807) is 18.9 Å². The highest BCUT2D eigenvalue weighted by molar-refractivity contribution is 5.94. The number of piperidine rings is 1. The maximum atomic E-state index is 12.4. The lowest BCUT2D eigenvalue weighted by atomic mass is 9.95. The molecule has 1 heterocycles. The minimum atomic E-state index is -0.0504. The number of hydrogen-bond acceptors (Lipinski definition) is 3. The summed E-state index contributed by atoms with van der Waals surface area (Å²) in [7, 11) is 1.60. The van der Waals surface area contributed by atoms with Crippen molar-refractivity contribution in [2.24, 2.45) is 5.92 Å². The number of anilines is 1. The van der Waals surface area contributed by atoms with Crippen LogP contribution in [0.25, 0.3) is 0 Å². The molecular weight excluding hydrogens is 280 g/mol. The molecule has 1 aromatic carbocycles. The molecule has 1 N–H and O–H groups in total. The summed E-state index contributed by atoms with van der Waals surface area (Å²) >= 11 is 0. The summed E-state index contributed by atoms with van der Waals surface area (Å²) in [6.07, 6.45) is 2.33. The van der Waals surface area contributed by atoms with E-state index in [0.29, 0.717) is 31.7 Å². The van der Waals surface area contributed by atoms with Crippen LogP contribution < -0.4 is 10.1 Å². The predicted octanol–water partition coefficient (Wildman–Crippen LogP) is 2.45. The lowest BCUT2D eigenvalue weighted by Gasteiger charge is -2.30. The number of nitrogens with one attached hydrogen (secondary N) is 1. The smallest absolute Gasteiger partial charge is 0.227 e. The Morgan fingerprint density at radius 1 is 1.32 bits per heavy atom. The second kappa shape index (κ2) is 7.29. The lowest BCUT2D eigenvalue weighted by Crippen LogP contribution is -2.40. The fourth-order valence-corrected chi connectivity index (χ4v) is 2.76. The highest BCUT2D eigenvalue weighted by Crippen LogP contribution is 2.27. The number of hydrogen-bond donors (Lipinski definition) is 1. The van der Waals surface area contributed by atoms with E-state index in [1.165, 1.54) is 0 Å². The van der Waals surface area contributed by atoms with Gasteiger partial charge >= 0.3 is 0 Å². The number of likely N-dealkylation sites (tertiary alicyclic amines) is 1. The monoisotopic (exact) mass is 304 g/mol. The molecule has 1 aromatic rings. The minimum Gasteiger partial charge on any atom is -0.495 e. The van der Waals surface area contributed by atoms with Gasteiger partial charge in [-0.05, 0) is 37.0 Å². The zero-order chi connectivity index (χ0) is 16.1. The van der Waals surface area contributed by atoms with E-state index < -0.39 is 0 Å². The Morgan fingerprint density at radius 3 is 2.55 bits per heavy atom. The summed E-state index contributed by atoms with van der Waals surface area (Å²) in [5.74, 6) is 0.711. The Morgan fingerprint density at radius 2 is 2.00 bits per heavy atom. The van der Waals surface area contributed by atoms with Gasteiger partial charge in [0.2, 0.25) is 11.8 Å². The first-order valence-corrected chi connectivity index (χ1v) is 7.78. The first-order chi connectivity index (χ1) is 10.5. The second-order valence-corrected chi connectivity index (χ2v) is 5.66. The van der Waals surface area contributed by atoms with Crippen LogP contribution in [0.4, 0.5) is 5.69 Å². The van der Waals surface area contributed by atoms with Crippen LogP contribution >= 0.6 is 0 Å². The van der Waals surface area contributed by atoms with Crippen molar-refractivity contribution < 1.29 is 14.3 Å². The average Bonchev–Trinajstić information content (AvgIpc) is 2.54. The van der Waals surface area contributed by atoms with Crippen LogP contribution in [-0.4, -0.2) is 36.9 Å². The van der Waals surface area contributed by atoms with E-state index in [4.69, 9.17) is 4.74 Å². The summed E-state index contributed by atoms with van der Waals surface area (Å²) in [6.45, 7) is 4.95. The fourth-order valence-electron chi connectivity index (χ4n) is 2.76. The number of amides is 2. The lowest BCUT2D eigenvalue weighted by molar-refractivity contribution is -0.132. The molecule has 120 valence electrons. The first kappa shape index (κ1) is 16.3. The molecular formula is C17H24N2O3. The number of benzene rings is 1. The molecule has 2 amide bonds. The van der Waals surface area contributed by atoms with Gasteiger partial charge in [0, 0.05) is 25.9 Å². The number of nitrogens with zero attached hydrogens (tertiary/aromatic N) is 1. The van der Waals surface area contributed by atoms with E-state index in [2.05, 4.69) is 12.2 Å². The quantitative estimate of drug-likeness (QED) is 0.929. The summed E-state index contributed by atoms with van der Waals surface area (Å²) in [4.78, 5) is 25.6. The number of carbonyl (C=O) groups excluding carboxylic acids is 2. The molecule has 0 aliphatic carbocycles. The van der Waals surface area contributed by atoms with Gasteiger partial charge in [0.1, 0.15) is 5.75 Å². The number of rotatable bonds is 4. The van der Waals surface area contributed by atoms with Crippen LogP contribution in [0.15, 0.2) is 18.2 Å². The van der Waals surface area contributed by atoms with Crippen LogP contribution in [0.1, 0.15) is 32.3 Å². The molecule has 5 nitrogen and oxygen atoms in total. The molecule has 0 unspecified atom stereocenters. The van der Waals surface area contributed by atoms with Crippen molar-refractivity contribution in [3.63, 3.8) is 0 Å². The summed E-state index contributed by atoms with van der Waals surface area (Å²) in [5, 5.41) is 2.98. The molecule has 1 fully saturated rings. The molecule has 0 radical (unpaired) electrons. The van der Waals surface area contributed by atoms with E-state index in [-0.39, 0.29) is 17.7 Å². The summed E-state index contributed by atoms with van der Waals surface area (Å²) < 4.78 is 5.31. The molecule has 0 atom stereocenters. The molecule has 0 bridgehead atoms. The summed E-state index contributed by atoms with van der Waals surface area (Å²) in [6, 6.07) is 5.84. The third-order valence-corrected chi connectivity index (χ3v) is 4.24. The van der Waals surface area contributed by atoms with Crippen molar-refractivity contribution in [1.29, 1.82) is 0 Å². The third kappa shape index (κ3) is 3.78. The normalized spacial score (nSPS) is 15.5. The average molecular weight is 304 g/mol. The van der Waals surface area contributed by atoms with Crippen molar-refractivity contribution in [1.82, 2.24) is 4.90 Å². The Hall–Kier alpha value is -2.04. The summed E-state index contributed by atoms with van der Waals surface area (Å²) in [5.41, 5.74) is 1.88. The molecule has 0 aromatic heterocycles. The van der Waals surface area contributed by atoms with E-state index in [1.807, 2.05) is 18.2 Å². The van der Waals surface area contributed by atoms with Gasteiger partial charge in [0.25, 0.3) is 0 Å². The molecule has 1 saturated heterocycles. The van der Waals surface area contributed by atoms with E-state index in [0.717, 1.165) is 17.7 Å². The van der Waals surface area contributed by atoms with Crippen LogP contribution in [0.2, 0.25) is 0 Å². The maximum Gasteiger partial charge on any atom is 0.227 e. The van der Waals surface area contributed by atoms with Crippen LogP contribution in [0, 0.1) is 5.92 Å². The van der Waals surface area contributed by atoms with E-state index >= 15 is 0 Å². The first-order valence-electron chi connectivity index (χ1n) is 7.78. The van der Waals surface area contributed by atoms with Gasteiger partial charge in [-0.3, -0.25) is 9.59 Å². The number of ether oxygens (including phenoxy) is 1. The van der Waals surface area contributed by atoms with Gasteiger partial charge in [-0.15, -0.1) is 0 Å². The van der Waals surface area contributed by atoms with Crippen molar-refractivity contribution in [3.05, 3.63) is 23.8 Å². The Balaban J connectivity index is 2.02. The molecule has 1 aliphatic heterocycles. The molecule has 1 aliphatic rings. The third-order valence-electron chi connectivity index (χ3n) is 4.24. The standard InChI is InChI=1S/C17H24N2O3/c1-4-13-5-6-16(22-3)15(11-13)18-17(21)14-7-9-19(10-8-14)12(2)20/h5-6,11,14H,4,7-10H2,1-3H3,(H,18,21). The Kier molecular flexibility index (Phi) is 5.41. The van der Waals surface area contributed by atoms with Crippen molar-refractivity contribution >= 4 is 17.5 Å². The molecule has 2 rings (SSSR count). The van der Waals surface area contributed by atoms with Gasteiger partial charge in [-0.25, -0.2) is 0 Å². The Bertz CT molecular complexity index is 549. The predicted molar refractivity (Wildman–Crippen MR) is 86.0 cm³/mol. The number of methoxy groups -OCH3 is 1. The van der Waals surface area contributed by atoms with Gasteiger partial charge in [-0.2, -0.15) is 0 Å². The zero-order valence-electron chi connectivity index (χ0n) is 13.5. The van der Waals surface area contributed by atoms with Crippen molar-refractivity contribution in [2.45, 2.75) is 33.1 Å². The zero-order valence-corrected chi connectivity index (χ0v) is 13.5. The largest absolute Gasteiger partial charge is 0.495 e.